The molecular formula is C16H19F2N5O2S. The molecule has 0 saturated carbocycles. The van der Waals surface area contributed by atoms with Gasteiger partial charge in [-0.3, -0.25) is 0 Å². The van der Waals surface area contributed by atoms with Crippen molar-refractivity contribution in [3.63, 3.8) is 0 Å². The van der Waals surface area contributed by atoms with Crippen molar-refractivity contribution in [1.82, 2.24) is 14.5 Å². The molecule has 1 aliphatic rings. The Balaban J connectivity index is 1.70. The summed E-state index contributed by atoms with van der Waals surface area (Å²) in [5, 5.41) is 8.28. The van der Waals surface area contributed by atoms with Gasteiger partial charge in [0.2, 0.25) is 10.0 Å². The summed E-state index contributed by atoms with van der Waals surface area (Å²) in [5.41, 5.74) is 0. The molecule has 0 atom stereocenters. The summed E-state index contributed by atoms with van der Waals surface area (Å²) >= 11 is 0. The summed E-state index contributed by atoms with van der Waals surface area (Å²) in [6, 6.07) is 6.28. The fourth-order valence-electron chi connectivity index (χ4n) is 2.67. The summed E-state index contributed by atoms with van der Waals surface area (Å²) < 4.78 is 52.9. The number of hydrogen-bond donors (Lipinski definition) is 0. The first-order valence-corrected chi connectivity index (χ1v) is 9.44. The predicted octanol–water partition coefficient (Wildman–Crippen LogP) is 1.33. The minimum Gasteiger partial charge on any atom is -0.361 e. The van der Waals surface area contributed by atoms with Gasteiger partial charge < -0.3 is 9.80 Å². The third kappa shape index (κ3) is 3.61. The lowest BCUT2D eigenvalue weighted by Crippen LogP contribution is -2.49. The quantitative estimate of drug-likeness (QED) is 0.794. The van der Waals surface area contributed by atoms with Crippen molar-refractivity contribution in [2.45, 2.75) is 4.90 Å². The van der Waals surface area contributed by atoms with Crippen LogP contribution in [-0.4, -0.2) is 63.2 Å². The topological polar surface area (TPSA) is 69.6 Å². The number of benzene rings is 1. The van der Waals surface area contributed by atoms with Gasteiger partial charge in [-0.25, -0.2) is 17.2 Å². The van der Waals surface area contributed by atoms with Gasteiger partial charge in [0, 0.05) is 40.3 Å². The van der Waals surface area contributed by atoms with E-state index in [0.717, 1.165) is 18.0 Å². The van der Waals surface area contributed by atoms with Crippen LogP contribution in [0.15, 0.2) is 35.2 Å². The van der Waals surface area contributed by atoms with E-state index in [9.17, 15) is 17.2 Å². The molecule has 140 valence electrons. The third-order valence-electron chi connectivity index (χ3n) is 4.19. The normalized spacial score (nSPS) is 15.9. The molecule has 0 spiro atoms. The Bertz CT molecular complexity index is 882. The molecule has 1 aromatic heterocycles. The molecule has 10 heteroatoms. The molecule has 26 heavy (non-hydrogen) atoms. The number of piperazine rings is 1. The maximum absolute atomic E-state index is 13.4. The van der Waals surface area contributed by atoms with E-state index >= 15 is 0 Å². The van der Waals surface area contributed by atoms with Gasteiger partial charge in [-0.15, -0.1) is 10.2 Å². The number of anilines is 2. The van der Waals surface area contributed by atoms with E-state index in [1.807, 2.05) is 36.0 Å². The number of sulfonamides is 1. The number of nitrogens with zero attached hydrogens (tertiary/aromatic N) is 5. The fourth-order valence-corrected chi connectivity index (χ4v) is 4.10. The molecular weight excluding hydrogens is 364 g/mol. The van der Waals surface area contributed by atoms with Gasteiger partial charge in [0.1, 0.15) is 0 Å². The second-order valence-electron chi connectivity index (χ2n) is 6.11. The molecule has 0 radical (unpaired) electrons. The highest BCUT2D eigenvalue weighted by atomic mass is 32.2. The van der Waals surface area contributed by atoms with Gasteiger partial charge in [0.15, 0.2) is 23.3 Å². The molecule has 7 nitrogen and oxygen atoms in total. The summed E-state index contributed by atoms with van der Waals surface area (Å²) in [7, 11) is -0.134. The van der Waals surface area contributed by atoms with Gasteiger partial charge >= 0.3 is 0 Å². The number of aromatic nitrogens is 2. The number of halogens is 2. The van der Waals surface area contributed by atoms with Crippen molar-refractivity contribution >= 4 is 21.7 Å². The predicted molar refractivity (Wildman–Crippen MR) is 93.7 cm³/mol. The van der Waals surface area contributed by atoms with Crippen molar-refractivity contribution in [2.24, 2.45) is 0 Å². The molecule has 0 N–H and O–H groups in total. The Morgan fingerprint density at radius 2 is 1.65 bits per heavy atom. The lowest BCUT2D eigenvalue weighted by molar-refractivity contribution is 0.383. The van der Waals surface area contributed by atoms with Crippen LogP contribution in [0.5, 0.6) is 0 Å². The van der Waals surface area contributed by atoms with Crippen molar-refractivity contribution in [3.8, 4) is 0 Å². The fraction of sp³-hybridized carbons (Fsp3) is 0.375. The Morgan fingerprint density at radius 3 is 2.19 bits per heavy atom. The Kier molecular flexibility index (Phi) is 5.05. The van der Waals surface area contributed by atoms with Crippen LogP contribution in [0.25, 0.3) is 0 Å². The monoisotopic (exact) mass is 383 g/mol. The maximum Gasteiger partial charge on any atom is 0.243 e. The highest BCUT2D eigenvalue weighted by Gasteiger charge is 2.29. The summed E-state index contributed by atoms with van der Waals surface area (Å²) in [6.45, 7) is 1.30. The molecule has 0 bridgehead atoms. The van der Waals surface area contributed by atoms with E-state index in [2.05, 4.69) is 10.2 Å². The highest BCUT2D eigenvalue weighted by Crippen LogP contribution is 2.22. The van der Waals surface area contributed by atoms with Crippen LogP contribution >= 0.6 is 0 Å². The molecule has 1 saturated heterocycles. The van der Waals surface area contributed by atoms with Crippen LogP contribution in [0, 0.1) is 11.6 Å². The maximum atomic E-state index is 13.4. The SMILES string of the molecule is CN(C)c1ccc(N2CCN(S(=O)(=O)c3ccc(F)c(F)c3)CC2)nn1. The van der Waals surface area contributed by atoms with E-state index < -0.39 is 21.7 Å². The van der Waals surface area contributed by atoms with E-state index in [0.29, 0.717) is 25.0 Å². The van der Waals surface area contributed by atoms with E-state index in [1.54, 1.807) is 0 Å². The molecule has 3 rings (SSSR count). The average Bonchev–Trinajstić information content (AvgIpc) is 2.64. The van der Waals surface area contributed by atoms with Crippen LogP contribution < -0.4 is 9.80 Å². The Morgan fingerprint density at radius 1 is 0.962 bits per heavy atom. The zero-order valence-electron chi connectivity index (χ0n) is 14.4. The molecule has 1 aromatic carbocycles. The first-order valence-electron chi connectivity index (χ1n) is 8.00. The van der Waals surface area contributed by atoms with Crippen molar-refractivity contribution < 1.29 is 17.2 Å². The lowest BCUT2D eigenvalue weighted by atomic mass is 10.3. The zero-order valence-corrected chi connectivity index (χ0v) is 15.2. The van der Waals surface area contributed by atoms with Crippen LogP contribution in [0.3, 0.4) is 0 Å². The zero-order chi connectivity index (χ0) is 18.9. The summed E-state index contributed by atoms with van der Waals surface area (Å²) in [6.07, 6.45) is 0. The van der Waals surface area contributed by atoms with Crippen molar-refractivity contribution in [3.05, 3.63) is 42.0 Å². The first kappa shape index (κ1) is 18.5. The van der Waals surface area contributed by atoms with Gasteiger partial charge in [-0.05, 0) is 30.3 Å². The first-order chi connectivity index (χ1) is 12.3. The second-order valence-corrected chi connectivity index (χ2v) is 8.05. The second kappa shape index (κ2) is 7.12. The highest BCUT2D eigenvalue weighted by molar-refractivity contribution is 7.89. The van der Waals surface area contributed by atoms with E-state index in [4.69, 9.17) is 0 Å². The van der Waals surface area contributed by atoms with Crippen LogP contribution in [0.2, 0.25) is 0 Å². The Hall–Kier alpha value is -2.33. The average molecular weight is 383 g/mol. The van der Waals surface area contributed by atoms with Crippen LogP contribution in [-0.2, 0) is 10.0 Å². The molecule has 1 aliphatic heterocycles. The summed E-state index contributed by atoms with van der Waals surface area (Å²) in [4.78, 5) is 3.52. The standard InChI is InChI=1S/C16H19F2N5O2S/c1-21(2)15-5-6-16(20-19-15)22-7-9-23(10-8-22)26(24,25)12-3-4-13(17)14(18)11-12/h3-6,11H,7-10H2,1-2H3. The largest absolute Gasteiger partial charge is 0.361 e. The third-order valence-corrected chi connectivity index (χ3v) is 6.08. The number of hydrogen-bond acceptors (Lipinski definition) is 6. The van der Waals surface area contributed by atoms with Gasteiger partial charge in [0.05, 0.1) is 4.90 Å². The van der Waals surface area contributed by atoms with Crippen molar-refractivity contribution in [2.75, 3.05) is 50.1 Å². The van der Waals surface area contributed by atoms with Crippen LogP contribution in [0.1, 0.15) is 0 Å². The minimum atomic E-state index is -3.87. The number of rotatable bonds is 4. The van der Waals surface area contributed by atoms with Crippen molar-refractivity contribution in [1.29, 1.82) is 0 Å². The van der Waals surface area contributed by atoms with E-state index in [-0.39, 0.29) is 18.0 Å². The van der Waals surface area contributed by atoms with Crippen LogP contribution in [0.4, 0.5) is 20.4 Å². The molecule has 0 aliphatic carbocycles. The minimum absolute atomic E-state index is 0.221. The molecule has 2 aromatic rings. The molecule has 0 unspecified atom stereocenters. The summed E-state index contributed by atoms with van der Waals surface area (Å²) in [5.74, 6) is -0.858. The lowest BCUT2D eigenvalue weighted by Gasteiger charge is -2.34. The van der Waals surface area contributed by atoms with Gasteiger partial charge in [0.25, 0.3) is 0 Å². The van der Waals surface area contributed by atoms with E-state index in [1.165, 1.54) is 4.31 Å². The van der Waals surface area contributed by atoms with Gasteiger partial charge in [-0.2, -0.15) is 4.31 Å². The smallest absolute Gasteiger partial charge is 0.243 e. The molecule has 0 amide bonds. The molecule has 1 fully saturated rings. The van der Waals surface area contributed by atoms with Gasteiger partial charge in [-0.1, -0.05) is 0 Å². The Labute approximate surface area is 150 Å². The molecule has 2 heterocycles.